The zero-order valence-electron chi connectivity index (χ0n) is 8.57. The van der Waals surface area contributed by atoms with Gasteiger partial charge in [-0.05, 0) is 25.2 Å². The number of rotatable bonds is 3. The van der Waals surface area contributed by atoms with Crippen molar-refractivity contribution in [1.82, 2.24) is 0 Å². The molecule has 4 heteroatoms. The van der Waals surface area contributed by atoms with E-state index in [1.807, 2.05) is 0 Å². The number of carbonyl (C=O) groups is 1. The monoisotopic (exact) mass is 202 g/mol. The molecule has 2 unspecified atom stereocenters. The molecule has 1 fully saturated rings. The van der Waals surface area contributed by atoms with Crippen LogP contribution in [0.5, 0.6) is 0 Å². The maximum absolute atomic E-state index is 11.0. The quantitative estimate of drug-likeness (QED) is 0.708. The highest BCUT2D eigenvalue weighted by molar-refractivity contribution is 5.60. The summed E-state index contributed by atoms with van der Waals surface area (Å²) < 4.78 is 9.71. The van der Waals surface area contributed by atoms with Gasteiger partial charge in [0.2, 0.25) is 0 Å². The first kappa shape index (κ1) is 11.3. The van der Waals surface area contributed by atoms with Crippen LogP contribution in [0.4, 0.5) is 4.79 Å². The minimum Gasteiger partial charge on any atom is -0.432 e. The standard InChI is InChI=1S/C10H18O4/c1-8-3-2-4-9(7-8)14-10(12)13-6-5-11/h8-9,11H,2-7H2,1H3. The summed E-state index contributed by atoms with van der Waals surface area (Å²) in [7, 11) is 0. The molecule has 1 aliphatic carbocycles. The predicted molar refractivity (Wildman–Crippen MR) is 50.9 cm³/mol. The summed E-state index contributed by atoms with van der Waals surface area (Å²) >= 11 is 0. The Bertz CT molecular complexity index is 181. The maximum Gasteiger partial charge on any atom is 0.508 e. The molecule has 1 rings (SSSR count). The Labute approximate surface area is 84.2 Å². The van der Waals surface area contributed by atoms with Crippen LogP contribution in [0.1, 0.15) is 32.6 Å². The second kappa shape index (κ2) is 5.86. The molecule has 0 aromatic carbocycles. The van der Waals surface area contributed by atoms with E-state index in [0.717, 1.165) is 19.3 Å². The summed E-state index contributed by atoms with van der Waals surface area (Å²) in [6.07, 6.45) is 3.53. The van der Waals surface area contributed by atoms with Gasteiger partial charge in [-0.15, -0.1) is 0 Å². The second-order valence-corrected chi connectivity index (χ2v) is 3.83. The van der Waals surface area contributed by atoms with Crippen LogP contribution in [0.2, 0.25) is 0 Å². The van der Waals surface area contributed by atoms with Crippen molar-refractivity contribution in [3.8, 4) is 0 Å². The third-order valence-corrected chi connectivity index (χ3v) is 2.46. The molecule has 0 saturated heterocycles. The molecular formula is C10H18O4. The molecule has 0 amide bonds. The summed E-state index contributed by atoms with van der Waals surface area (Å²) in [6, 6.07) is 0. The van der Waals surface area contributed by atoms with Gasteiger partial charge in [0.05, 0.1) is 6.61 Å². The van der Waals surface area contributed by atoms with E-state index in [1.54, 1.807) is 0 Å². The fourth-order valence-corrected chi connectivity index (χ4v) is 1.78. The lowest BCUT2D eigenvalue weighted by molar-refractivity contribution is -0.00160. The minimum absolute atomic E-state index is 0.00458. The maximum atomic E-state index is 11.0. The van der Waals surface area contributed by atoms with Crippen LogP contribution in [0.15, 0.2) is 0 Å². The molecule has 0 aliphatic heterocycles. The van der Waals surface area contributed by atoms with Gasteiger partial charge in [-0.1, -0.05) is 13.3 Å². The fourth-order valence-electron chi connectivity index (χ4n) is 1.78. The first-order valence-corrected chi connectivity index (χ1v) is 5.16. The van der Waals surface area contributed by atoms with E-state index in [4.69, 9.17) is 9.84 Å². The Morgan fingerprint density at radius 2 is 2.29 bits per heavy atom. The van der Waals surface area contributed by atoms with E-state index >= 15 is 0 Å². The van der Waals surface area contributed by atoms with Crippen LogP contribution in [0, 0.1) is 5.92 Å². The zero-order valence-corrected chi connectivity index (χ0v) is 8.57. The van der Waals surface area contributed by atoms with Crippen LogP contribution in [-0.2, 0) is 9.47 Å². The van der Waals surface area contributed by atoms with Crippen LogP contribution >= 0.6 is 0 Å². The van der Waals surface area contributed by atoms with Crippen molar-refractivity contribution in [3.63, 3.8) is 0 Å². The summed E-state index contributed by atoms with van der Waals surface area (Å²) in [6.45, 7) is 2.02. The van der Waals surface area contributed by atoms with Gasteiger partial charge in [0.25, 0.3) is 0 Å². The third kappa shape index (κ3) is 3.96. The van der Waals surface area contributed by atoms with Crippen LogP contribution < -0.4 is 0 Å². The van der Waals surface area contributed by atoms with Gasteiger partial charge in [0, 0.05) is 0 Å². The largest absolute Gasteiger partial charge is 0.508 e. The van der Waals surface area contributed by atoms with Gasteiger partial charge >= 0.3 is 6.16 Å². The summed E-state index contributed by atoms with van der Waals surface area (Å²) in [5.74, 6) is 0.624. The van der Waals surface area contributed by atoms with Gasteiger partial charge in [-0.2, -0.15) is 0 Å². The number of hydrogen-bond donors (Lipinski definition) is 1. The first-order chi connectivity index (χ1) is 6.72. The molecule has 0 bridgehead atoms. The number of ether oxygens (including phenoxy) is 2. The van der Waals surface area contributed by atoms with Crippen molar-refractivity contribution >= 4 is 6.16 Å². The molecule has 0 heterocycles. The van der Waals surface area contributed by atoms with Crippen molar-refractivity contribution in [2.45, 2.75) is 38.7 Å². The molecule has 1 saturated carbocycles. The highest BCUT2D eigenvalue weighted by atomic mass is 16.7. The molecule has 0 radical (unpaired) electrons. The zero-order chi connectivity index (χ0) is 10.4. The summed E-state index contributed by atoms with van der Waals surface area (Å²) in [4.78, 5) is 11.0. The Balaban J connectivity index is 2.18. The van der Waals surface area contributed by atoms with Crippen LogP contribution in [-0.4, -0.2) is 30.6 Å². The minimum atomic E-state index is -0.654. The van der Waals surface area contributed by atoms with E-state index in [2.05, 4.69) is 11.7 Å². The molecular weight excluding hydrogens is 184 g/mol. The number of carbonyl (C=O) groups excluding carboxylic acids is 1. The number of hydrogen-bond acceptors (Lipinski definition) is 4. The molecule has 4 nitrogen and oxygen atoms in total. The lowest BCUT2D eigenvalue weighted by Crippen LogP contribution is -2.25. The second-order valence-electron chi connectivity index (χ2n) is 3.83. The topological polar surface area (TPSA) is 55.8 Å². The molecule has 82 valence electrons. The van der Waals surface area contributed by atoms with E-state index < -0.39 is 6.16 Å². The van der Waals surface area contributed by atoms with Crippen molar-refractivity contribution in [3.05, 3.63) is 0 Å². The number of aliphatic hydroxyl groups is 1. The average Bonchev–Trinajstić information content (AvgIpc) is 2.15. The van der Waals surface area contributed by atoms with Crippen LogP contribution in [0.25, 0.3) is 0 Å². The van der Waals surface area contributed by atoms with Crippen molar-refractivity contribution in [1.29, 1.82) is 0 Å². The molecule has 0 spiro atoms. The lowest BCUT2D eigenvalue weighted by Gasteiger charge is -2.25. The highest BCUT2D eigenvalue weighted by Gasteiger charge is 2.22. The average molecular weight is 202 g/mol. The van der Waals surface area contributed by atoms with Gasteiger partial charge in [0.1, 0.15) is 12.7 Å². The van der Waals surface area contributed by atoms with Crippen molar-refractivity contribution < 1.29 is 19.4 Å². The Kier molecular flexibility index (Phi) is 4.73. The summed E-state index contributed by atoms with van der Waals surface area (Å²) in [5, 5.41) is 8.43. The predicted octanol–water partition coefficient (Wildman–Crippen LogP) is 1.71. The molecule has 14 heavy (non-hydrogen) atoms. The Morgan fingerprint density at radius 1 is 1.50 bits per heavy atom. The van der Waals surface area contributed by atoms with E-state index in [1.165, 1.54) is 6.42 Å². The van der Waals surface area contributed by atoms with Crippen molar-refractivity contribution in [2.75, 3.05) is 13.2 Å². The smallest absolute Gasteiger partial charge is 0.432 e. The molecule has 0 aromatic rings. The van der Waals surface area contributed by atoms with E-state index in [9.17, 15) is 4.79 Å². The fraction of sp³-hybridized carbons (Fsp3) is 0.900. The molecule has 0 aromatic heterocycles. The summed E-state index contributed by atoms with van der Waals surface area (Å²) in [5.41, 5.74) is 0. The molecule has 2 atom stereocenters. The Morgan fingerprint density at radius 3 is 2.93 bits per heavy atom. The number of aliphatic hydroxyl groups excluding tert-OH is 1. The van der Waals surface area contributed by atoms with Gasteiger partial charge < -0.3 is 14.6 Å². The van der Waals surface area contributed by atoms with Gasteiger partial charge in [-0.25, -0.2) is 4.79 Å². The molecule has 1 N–H and O–H groups in total. The SMILES string of the molecule is CC1CCCC(OC(=O)OCCO)C1. The third-order valence-electron chi connectivity index (χ3n) is 2.46. The van der Waals surface area contributed by atoms with E-state index in [-0.39, 0.29) is 19.3 Å². The van der Waals surface area contributed by atoms with E-state index in [0.29, 0.717) is 5.92 Å². The van der Waals surface area contributed by atoms with Gasteiger partial charge in [0.15, 0.2) is 0 Å². The normalized spacial score (nSPS) is 27.0. The van der Waals surface area contributed by atoms with Crippen LogP contribution in [0.3, 0.4) is 0 Å². The first-order valence-electron chi connectivity index (χ1n) is 5.16. The highest BCUT2D eigenvalue weighted by Crippen LogP contribution is 2.25. The van der Waals surface area contributed by atoms with Gasteiger partial charge in [-0.3, -0.25) is 0 Å². The Hall–Kier alpha value is -0.770. The molecule has 1 aliphatic rings. The lowest BCUT2D eigenvalue weighted by atomic mass is 9.89. The van der Waals surface area contributed by atoms with Crippen molar-refractivity contribution in [2.24, 2.45) is 5.92 Å².